The van der Waals surface area contributed by atoms with Crippen molar-refractivity contribution in [2.45, 2.75) is 25.8 Å². The van der Waals surface area contributed by atoms with E-state index in [9.17, 15) is 5.26 Å². The fraction of sp³-hybridized carbons (Fsp3) is 0.375. The van der Waals surface area contributed by atoms with Crippen molar-refractivity contribution in [3.05, 3.63) is 35.4 Å². The molecule has 0 spiro atoms. The second kappa shape index (κ2) is 5.58. The van der Waals surface area contributed by atoms with Gasteiger partial charge in [0, 0.05) is 18.8 Å². The highest BCUT2D eigenvalue weighted by Crippen LogP contribution is 2.31. The highest BCUT2D eigenvalue weighted by molar-refractivity contribution is 5.72. The van der Waals surface area contributed by atoms with Gasteiger partial charge in [-0.25, -0.2) is 4.68 Å². The number of nitrogens with zero attached hydrogens (tertiary/aromatic N) is 3. The number of hydrogen-bond acceptors (Lipinski definition) is 4. The van der Waals surface area contributed by atoms with Gasteiger partial charge in [-0.2, -0.15) is 10.4 Å². The van der Waals surface area contributed by atoms with Gasteiger partial charge >= 0.3 is 0 Å². The zero-order valence-corrected chi connectivity index (χ0v) is 12.0. The number of ether oxygens (including phenoxy) is 1. The predicted molar refractivity (Wildman–Crippen MR) is 80.6 cm³/mol. The zero-order valence-electron chi connectivity index (χ0n) is 12.0. The molecule has 1 fully saturated rings. The third-order valence-corrected chi connectivity index (χ3v) is 3.92. The Balaban J connectivity index is 2.05. The zero-order chi connectivity index (χ0) is 14.8. The van der Waals surface area contributed by atoms with Crippen LogP contribution in [-0.2, 0) is 4.74 Å². The molecule has 21 heavy (non-hydrogen) atoms. The molecular weight excluding hydrogens is 264 g/mol. The number of benzene rings is 1. The minimum absolute atomic E-state index is 0.213. The first-order valence-electron chi connectivity index (χ1n) is 7.13. The number of nitrogens with two attached hydrogens (primary N) is 1. The fourth-order valence-electron chi connectivity index (χ4n) is 2.68. The highest BCUT2D eigenvalue weighted by atomic mass is 16.5. The number of anilines is 1. The first kappa shape index (κ1) is 13.7. The van der Waals surface area contributed by atoms with E-state index >= 15 is 0 Å². The smallest absolute Gasteiger partial charge is 0.140 e. The molecule has 0 atom stereocenters. The monoisotopic (exact) mass is 282 g/mol. The standard InChI is InChI=1S/C16H18N4O/c1-11-2-4-12(5-3-11)15-14(10-17)16(18)20(19-15)13-6-8-21-9-7-13/h2-5,13H,6-9,18H2,1H3. The lowest BCUT2D eigenvalue weighted by atomic mass is 10.1. The van der Waals surface area contributed by atoms with Gasteiger partial charge in [0.25, 0.3) is 0 Å². The summed E-state index contributed by atoms with van der Waals surface area (Å²) in [5, 5.41) is 14.0. The second-order valence-corrected chi connectivity index (χ2v) is 5.37. The number of nitrogen functional groups attached to an aromatic ring is 1. The van der Waals surface area contributed by atoms with Gasteiger partial charge in [-0.1, -0.05) is 29.8 Å². The van der Waals surface area contributed by atoms with Crippen LogP contribution in [0.3, 0.4) is 0 Å². The lowest BCUT2D eigenvalue weighted by molar-refractivity contribution is 0.0669. The van der Waals surface area contributed by atoms with E-state index in [1.165, 1.54) is 5.56 Å². The van der Waals surface area contributed by atoms with E-state index in [0.29, 0.717) is 30.3 Å². The summed E-state index contributed by atoms with van der Waals surface area (Å²) in [5.41, 5.74) is 9.38. The summed E-state index contributed by atoms with van der Waals surface area (Å²) in [6.45, 7) is 3.46. The lowest BCUT2D eigenvalue weighted by Gasteiger charge is -2.23. The van der Waals surface area contributed by atoms with Crippen LogP contribution >= 0.6 is 0 Å². The summed E-state index contributed by atoms with van der Waals surface area (Å²) in [7, 11) is 0. The van der Waals surface area contributed by atoms with Crippen LogP contribution in [-0.4, -0.2) is 23.0 Å². The van der Waals surface area contributed by atoms with E-state index in [1.807, 2.05) is 31.2 Å². The molecule has 108 valence electrons. The van der Waals surface area contributed by atoms with E-state index < -0.39 is 0 Å². The number of rotatable bonds is 2. The largest absolute Gasteiger partial charge is 0.383 e. The summed E-state index contributed by atoms with van der Waals surface area (Å²) >= 11 is 0. The van der Waals surface area contributed by atoms with Crippen LogP contribution in [0.1, 0.15) is 30.0 Å². The van der Waals surface area contributed by atoms with Gasteiger partial charge in [0.05, 0.1) is 6.04 Å². The van der Waals surface area contributed by atoms with Gasteiger partial charge in [-0.15, -0.1) is 0 Å². The van der Waals surface area contributed by atoms with Gasteiger partial charge in [0.15, 0.2) is 0 Å². The quantitative estimate of drug-likeness (QED) is 0.918. The minimum Gasteiger partial charge on any atom is -0.383 e. The first-order valence-corrected chi connectivity index (χ1v) is 7.13. The van der Waals surface area contributed by atoms with Crippen LogP contribution in [0.5, 0.6) is 0 Å². The molecule has 1 saturated heterocycles. The van der Waals surface area contributed by atoms with Crippen molar-refractivity contribution in [1.82, 2.24) is 9.78 Å². The van der Waals surface area contributed by atoms with Gasteiger partial charge in [-0.05, 0) is 19.8 Å². The summed E-state index contributed by atoms with van der Waals surface area (Å²) in [4.78, 5) is 0. The molecule has 0 amide bonds. The van der Waals surface area contributed by atoms with E-state index in [2.05, 4.69) is 11.2 Å². The van der Waals surface area contributed by atoms with Gasteiger partial charge in [0.1, 0.15) is 23.1 Å². The molecule has 0 radical (unpaired) electrons. The van der Waals surface area contributed by atoms with Crippen LogP contribution < -0.4 is 5.73 Å². The normalized spacial score (nSPS) is 15.8. The third kappa shape index (κ3) is 2.50. The van der Waals surface area contributed by atoms with E-state index in [1.54, 1.807) is 4.68 Å². The predicted octanol–water partition coefficient (Wildman–Crippen LogP) is 2.66. The van der Waals surface area contributed by atoms with Crippen molar-refractivity contribution in [1.29, 1.82) is 5.26 Å². The molecule has 1 aliphatic heterocycles. The molecule has 0 aliphatic carbocycles. The summed E-state index contributed by atoms with van der Waals surface area (Å²) in [5.74, 6) is 0.458. The van der Waals surface area contributed by atoms with Crippen molar-refractivity contribution in [3.8, 4) is 17.3 Å². The average molecular weight is 282 g/mol. The molecule has 1 aliphatic rings. The molecule has 1 aromatic carbocycles. The fourth-order valence-corrected chi connectivity index (χ4v) is 2.68. The number of aryl methyl sites for hydroxylation is 1. The Labute approximate surface area is 123 Å². The van der Waals surface area contributed by atoms with Crippen LogP contribution in [0.15, 0.2) is 24.3 Å². The molecule has 2 aromatic rings. The second-order valence-electron chi connectivity index (χ2n) is 5.37. The molecule has 1 aromatic heterocycles. The van der Waals surface area contributed by atoms with E-state index in [4.69, 9.17) is 10.5 Å². The molecular formula is C16H18N4O. The van der Waals surface area contributed by atoms with Crippen molar-refractivity contribution >= 4 is 5.82 Å². The molecule has 2 N–H and O–H groups in total. The summed E-state index contributed by atoms with van der Waals surface area (Å²) < 4.78 is 7.18. The molecule has 0 bridgehead atoms. The Morgan fingerprint density at radius 3 is 2.57 bits per heavy atom. The van der Waals surface area contributed by atoms with Crippen LogP contribution in [0.25, 0.3) is 11.3 Å². The average Bonchev–Trinajstić information content (AvgIpc) is 2.85. The van der Waals surface area contributed by atoms with E-state index in [0.717, 1.165) is 18.4 Å². The molecule has 0 saturated carbocycles. The minimum atomic E-state index is 0.213. The Morgan fingerprint density at radius 2 is 1.95 bits per heavy atom. The maximum atomic E-state index is 9.42. The molecule has 5 nitrogen and oxygen atoms in total. The Morgan fingerprint density at radius 1 is 1.29 bits per heavy atom. The number of nitriles is 1. The van der Waals surface area contributed by atoms with Crippen LogP contribution in [0.4, 0.5) is 5.82 Å². The van der Waals surface area contributed by atoms with Crippen LogP contribution in [0, 0.1) is 18.3 Å². The van der Waals surface area contributed by atoms with Crippen molar-refractivity contribution in [2.75, 3.05) is 18.9 Å². The van der Waals surface area contributed by atoms with Gasteiger partial charge < -0.3 is 10.5 Å². The number of hydrogen-bond donors (Lipinski definition) is 1. The topological polar surface area (TPSA) is 76.9 Å². The van der Waals surface area contributed by atoms with E-state index in [-0.39, 0.29) is 6.04 Å². The first-order chi connectivity index (χ1) is 10.2. The Bertz CT molecular complexity index is 676. The maximum Gasteiger partial charge on any atom is 0.140 e. The Hall–Kier alpha value is -2.32. The van der Waals surface area contributed by atoms with Crippen molar-refractivity contribution in [2.24, 2.45) is 0 Å². The molecule has 0 unspecified atom stereocenters. The van der Waals surface area contributed by atoms with Gasteiger partial charge in [0.2, 0.25) is 0 Å². The molecule has 5 heteroatoms. The van der Waals surface area contributed by atoms with Gasteiger partial charge in [-0.3, -0.25) is 0 Å². The molecule has 3 rings (SSSR count). The number of aromatic nitrogens is 2. The van der Waals surface area contributed by atoms with Crippen molar-refractivity contribution in [3.63, 3.8) is 0 Å². The lowest BCUT2D eigenvalue weighted by Crippen LogP contribution is -2.21. The maximum absolute atomic E-state index is 9.42. The third-order valence-electron chi connectivity index (χ3n) is 3.92. The summed E-state index contributed by atoms with van der Waals surface area (Å²) in [6.07, 6.45) is 1.76. The highest BCUT2D eigenvalue weighted by Gasteiger charge is 2.23. The summed E-state index contributed by atoms with van der Waals surface area (Å²) in [6, 6.07) is 10.4. The molecule has 2 heterocycles. The Kier molecular flexibility index (Phi) is 3.63. The SMILES string of the molecule is Cc1ccc(-c2nn(C3CCOCC3)c(N)c2C#N)cc1. The van der Waals surface area contributed by atoms with Crippen LogP contribution in [0.2, 0.25) is 0 Å². The van der Waals surface area contributed by atoms with Crippen molar-refractivity contribution < 1.29 is 4.74 Å².